The third kappa shape index (κ3) is 4.56. The highest BCUT2D eigenvalue weighted by Gasteiger charge is 2.19. The summed E-state index contributed by atoms with van der Waals surface area (Å²) in [5.41, 5.74) is 5.41. The molecular formula is C28H23N5O2S. The Bertz CT molecular complexity index is 1500. The van der Waals surface area contributed by atoms with E-state index >= 15 is 0 Å². The Labute approximate surface area is 212 Å². The van der Waals surface area contributed by atoms with Gasteiger partial charge < -0.3 is 15.0 Å². The number of carbonyl (C=O) groups is 1. The summed E-state index contributed by atoms with van der Waals surface area (Å²) in [6.07, 6.45) is 1.76. The van der Waals surface area contributed by atoms with Crippen LogP contribution in [0.5, 0.6) is 0 Å². The number of aromatic nitrogens is 3. The second-order valence-corrected chi connectivity index (χ2v) is 9.39. The Balaban J connectivity index is 1.36. The van der Waals surface area contributed by atoms with Gasteiger partial charge in [0.1, 0.15) is 21.0 Å². The van der Waals surface area contributed by atoms with Gasteiger partial charge in [-0.15, -0.1) is 0 Å². The van der Waals surface area contributed by atoms with E-state index in [9.17, 15) is 4.79 Å². The molecule has 1 aliphatic rings. The van der Waals surface area contributed by atoms with E-state index in [1.165, 1.54) is 11.3 Å². The van der Waals surface area contributed by atoms with E-state index in [4.69, 9.17) is 14.7 Å². The Morgan fingerprint density at radius 2 is 1.72 bits per heavy atom. The summed E-state index contributed by atoms with van der Waals surface area (Å²) in [7, 11) is 0. The van der Waals surface area contributed by atoms with Crippen molar-refractivity contribution in [2.75, 3.05) is 36.5 Å². The predicted molar refractivity (Wildman–Crippen MR) is 144 cm³/mol. The molecule has 0 atom stereocenters. The third-order valence-electron chi connectivity index (χ3n) is 6.06. The molecule has 6 rings (SSSR count). The average molecular weight is 494 g/mol. The minimum atomic E-state index is -0.269. The summed E-state index contributed by atoms with van der Waals surface area (Å²) in [4.78, 5) is 30.5. The lowest BCUT2D eigenvalue weighted by Crippen LogP contribution is -2.36. The number of amides is 1. The largest absolute Gasteiger partial charge is 0.378 e. The molecule has 2 aromatic carbocycles. The molecule has 0 aliphatic carbocycles. The van der Waals surface area contributed by atoms with E-state index in [1.54, 1.807) is 6.20 Å². The van der Waals surface area contributed by atoms with E-state index in [0.717, 1.165) is 51.0 Å². The highest BCUT2D eigenvalue weighted by Crippen LogP contribution is 2.34. The third-order valence-corrected chi connectivity index (χ3v) is 7.07. The number of pyridine rings is 2. The van der Waals surface area contributed by atoms with Gasteiger partial charge in [0, 0.05) is 36.1 Å². The summed E-state index contributed by atoms with van der Waals surface area (Å²) < 4.78 is 5.52. The molecule has 8 heteroatoms. The minimum absolute atomic E-state index is 0.269. The van der Waals surface area contributed by atoms with E-state index in [1.807, 2.05) is 78.9 Å². The number of fused-ring (bicyclic) bond motifs is 1. The van der Waals surface area contributed by atoms with Gasteiger partial charge >= 0.3 is 0 Å². The van der Waals surface area contributed by atoms with Gasteiger partial charge in [-0.25, -0.2) is 15.0 Å². The van der Waals surface area contributed by atoms with Crippen molar-refractivity contribution in [3.05, 3.63) is 90.8 Å². The van der Waals surface area contributed by atoms with Crippen molar-refractivity contribution in [2.45, 2.75) is 0 Å². The van der Waals surface area contributed by atoms with Gasteiger partial charge in [0.2, 0.25) is 0 Å². The number of ether oxygens (including phenoxy) is 1. The maximum Gasteiger partial charge on any atom is 0.274 e. The van der Waals surface area contributed by atoms with Crippen LogP contribution in [-0.2, 0) is 4.74 Å². The summed E-state index contributed by atoms with van der Waals surface area (Å²) in [5, 5.41) is 3.89. The molecule has 1 N–H and O–H groups in total. The molecule has 1 amide bonds. The smallest absolute Gasteiger partial charge is 0.274 e. The molecule has 0 bridgehead atoms. The number of hydrogen-bond donors (Lipinski definition) is 1. The second kappa shape index (κ2) is 9.85. The van der Waals surface area contributed by atoms with Gasteiger partial charge in [0.25, 0.3) is 5.91 Å². The second-order valence-electron chi connectivity index (χ2n) is 8.41. The number of rotatable bonds is 5. The van der Waals surface area contributed by atoms with Crippen LogP contribution >= 0.6 is 11.3 Å². The highest BCUT2D eigenvalue weighted by atomic mass is 32.1. The first-order valence-electron chi connectivity index (χ1n) is 11.8. The lowest BCUT2D eigenvalue weighted by molar-refractivity contribution is 0.102. The number of anilines is 2. The van der Waals surface area contributed by atoms with Crippen LogP contribution in [0.4, 0.5) is 11.4 Å². The first kappa shape index (κ1) is 22.3. The van der Waals surface area contributed by atoms with E-state index in [2.05, 4.69) is 15.2 Å². The van der Waals surface area contributed by atoms with Crippen LogP contribution in [0.25, 0.3) is 32.2 Å². The molecule has 36 heavy (non-hydrogen) atoms. The van der Waals surface area contributed by atoms with E-state index in [-0.39, 0.29) is 5.91 Å². The molecule has 0 unspecified atom stereocenters. The number of carbonyl (C=O) groups excluding carboxylic acids is 1. The Morgan fingerprint density at radius 1 is 0.917 bits per heavy atom. The normalized spacial score (nSPS) is 13.6. The van der Waals surface area contributed by atoms with Crippen molar-refractivity contribution in [1.82, 2.24) is 15.0 Å². The molecule has 1 aliphatic heterocycles. The lowest BCUT2D eigenvalue weighted by atomic mass is 10.1. The van der Waals surface area contributed by atoms with E-state index < -0.39 is 0 Å². The number of thiazole rings is 1. The Kier molecular flexibility index (Phi) is 6.11. The first-order chi connectivity index (χ1) is 17.7. The molecule has 0 saturated carbocycles. The predicted octanol–water partition coefficient (Wildman–Crippen LogP) is 5.51. The number of nitrogens with one attached hydrogen (secondary N) is 1. The number of benzene rings is 2. The number of nitrogens with zero attached hydrogens (tertiary/aromatic N) is 4. The quantitative estimate of drug-likeness (QED) is 0.348. The van der Waals surface area contributed by atoms with Crippen molar-refractivity contribution < 1.29 is 9.53 Å². The fraction of sp³-hybridized carbons (Fsp3) is 0.143. The summed E-state index contributed by atoms with van der Waals surface area (Å²) in [6.45, 7) is 2.87. The summed E-state index contributed by atoms with van der Waals surface area (Å²) in [5.74, 6) is -0.269. The maximum atomic E-state index is 13.5. The van der Waals surface area contributed by atoms with Crippen LogP contribution in [0.15, 0.2) is 85.1 Å². The van der Waals surface area contributed by atoms with Gasteiger partial charge in [0.15, 0.2) is 0 Å². The molecule has 0 radical (unpaired) electrons. The number of para-hydroxylation sites is 1. The lowest BCUT2D eigenvalue weighted by Gasteiger charge is -2.29. The van der Waals surface area contributed by atoms with Crippen molar-refractivity contribution in [2.24, 2.45) is 0 Å². The first-order valence-corrected chi connectivity index (χ1v) is 12.6. The summed E-state index contributed by atoms with van der Waals surface area (Å²) >= 11 is 1.50. The Hall–Kier alpha value is -4.14. The van der Waals surface area contributed by atoms with Gasteiger partial charge in [-0.2, -0.15) is 0 Å². The topological polar surface area (TPSA) is 80.2 Å². The number of hydrogen-bond acceptors (Lipinski definition) is 7. The van der Waals surface area contributed by atoms with Crippen molar-refractivity contribution in [3.8, 4) is 21.8 Å². The molecule has 7 nitrogen and oxygen atoms in total. The van der Waals surface area contributed by atoms with Crippen LogP contribution in [0.2, 0.25) is 0 Å². The van der Waals surface area contributed by atoms with Crippen LogP contribution in [0.3, 0.4) is 0 Å². The standard InChI is InChI=1S/C28H23N5O2S/c34-26(31-22-10-5-4-9-21(22)27-32-23-11-6-12-29-28(23)36-27)25-18-20(33-13-15-35-16-14-33)17-24(30-25)19-7-2-1-3-8-19/h1-12,17-18H,13-16H2,(H,31,34). The Morgan fingerprint density at radius 3 is 2.56 bits per heavy atom. The molecule has 1 saturated heterocycles. The molecule has 0 spiro atoms. The maximum absolute atomic E-state index is 13.5. The van der Waals surface area contributed by atoms with Crippen LogP contribution in [0.1, 0.15) is 10.5 Å². The van der Waals surface area contributed by atoms with Gasteiger partial charge in [0.05, 0.1) is 24.6 Å². The summed E-state index contributed by atoms with van der Waals surface area (Å²) in [6, 6.07) is 25.3. The molecular weight excluding hydrogens is 470 g/mol. The van der Waals surface area contributed by atoms with Crippen molar-refractivity contribution >= 4 is 39.0 Å². The fourth-order valence-electron chi connectivity index (χ4n) is 4.24. The van der Waals surface area contributed by atoms with Gasteiger partial charge in [-0.05, 0) is 36.4 Å². The number of morpholine rings is 1. The zero-order valence-electron chi connectivity index (χ0n) is 19.4. The fourth-order valence-corrected chi connectivity index (χ4v) is 5.19. The van der Waals surface area contributed by atoms with Crippen molar-refractivity contribution in [3.63, 3.8) is 0 Å². The zero-order chi connectivity index (χ0) is 24.3. The molecule has 4 heterocycles. The van der Waals surface area contributed by atoms with Crippen LogP contribution in [-0.4, -0.2) is 47.2 Å². The van der Waals surface area contributed by atoms with Crippen LogP contribution in [0, 0.1) is 0 Å². The zero-order valence-corrected chi connectivity index (χ0v) is 20.2. The average Bonchev–Trinajstić information content (AvgIpc) is 3.38. The molecule has 3 aromatic heterocycles. The molecule has 178 valence electrons. The minimum Gasteiger partial charge on any atom is -0.378 e. The van der Waals surface area contributed by atoms with E-state index in [0.29, 0.717) is 24.6 Å². The highest BCUT2D eigenvalue weighted by molar-refractivity contribution is 7.21. The monoisotopic (exact) mass is 493 g/mol. The van der Waals surface area contributed by atoms with Gasteiger partial charge in [-0.3, -0.25) is 4.79 Å². The van der Waals surface area contributed by atoms with Crippen LogP contribution < -0.4 is 10.2 Å². The molecule has 1 fully saturated rings. The van der Waals surface area contributed by atoms with Gasteiger partial charge in [-0.1, -0.05) is 53.8 Å². The molecule has 5 aromatic rings. The van der Waals surface area contributed by atoms with Crippen molar-refractivity contribution in [1.29, 1.82) is 0 Å². The SMILES string of the molecule is O=C(Nc1ccccc1-c1nc2cccnc2s1)c1cc(N2CCOCC2)cc(-c2ccccc2)n1.